The van der Waals surface area contributed by atoms with Crippen LogP contribution in [-0.2, 0) is 11.3 Å². The van der Waals surface area contributed by atoms with Crippen LogP contribution < -0.4 is 21.1 Å². The molecule has 1 amide bonds. The predicted octanol–water partition coefficient (Wildman–Crippen LogP) is 3.65. The lowest BCUT2D eigenvalue weighted by Crippen LogP contribution is -2.21. The van der Waals surface area contributed by atoms with Gasteiger partial charge in [0.05, 0.1) is 19.3 Å². The highest BCUT2D eigenvalue weighted by molar-refractivity contribution is 6.30. The first kappa shape index (κ1) is 21.5. The summed E-state index contributed by atoms with van der Waals surface area (Å²) in [5.74, 6) is 0.519. The highest BCUT2D eigenvalue weighted by Crippen LogP contribution is 2.27. The van der Waals surface area contributed by atoms with Crippen LogP contribution in [0.4, 0.5) is 11.4 Å². The maximum Gasteiger partial charge on any atom is 0.350 e. The number of rotatable bonds is 8. The number of nitrogens with zero attached hydrogens (tertiary/aromatic N) is 3. The third kappa shape index (κ3) is 4.92. The molecule has 0 saturated heterocycles. The van der Waals surface area contributed by atoms with Crippen LogP contribution in [0.2, 0.25) is 5.02 Å². The molecule has 0 radical (unpaired) electrons. The number of methoxy groups -OCH3 is 1. The van der Waals surface area contributed by atoms with Crippen molar-refractivity contribution in [1.82, 2.24) is 14.2 Å². The summed E-state index contributed by atoms with van der Waals surface area (Å²) in [5.41, 5.74) is 2.62. The number of aromatic nitrogens is 3. The minimum atomic E-state index is -0.211. The Hall–Kier alpha value is -3.78. The van der Waals surface area contributed by atoms with Crippen LogP contribution in [-0.4, -0.2) is 33.7 Å². The van der Waals surface area contributed by atoms with Gasteiger partial charge in [0.25, 0.3) is 0 Å². The van der Waals surface area contributed by atoms with E-state index in [9.17, 15) is 9.59 Å². The Bertz CT molecular complexity index is 1310. The van der Waals surface area contributed by atoms with Crippen molar-refractivity contribution in [1.29, 1.82) is 0 Å². The first-order valence-electron chi connectivity index (χ1n) is 10.0. The van der Waals surface area contributed by atoms with Crippen molar-refractivity contribution >= 4 is 34.5 Å². The van der Waals surface area contributed by atoms with Crippen molar-refractivity contribution < 1.29 is 9.53 Å². The third-order valence-corrected chi connectivity index (χ3v) is 5.10. The van der Waals surface area contributed by atoms with Gasteiger partial charge in [0.1, 0.15) is 5.75 Å². The van der Waals surface area contributed by atoms with Crippen molar-refractivity contribution in [2.45, 2.75) is 13.0 Å². The van der Waals surface area contributed by atoms with Gasteiger partial charge in [-0.2, -0.15) is 0 Å². The van der Waals surface area contributed by atoms with Crippen LogP contribution in [0.25, 0.3) is 5.65 Å². The molecular weight excluding hydrogens is 430 g/mol. The number of nitrogens with one attached hydrogen (secondary N) is 2. The van der Waals surface area contributed by atoms with E-state index in [1.807, 2.05) is 24.3 Å². The summed E-state index contributed by atoms with van der Waals surface area (Å²) >= 11 is 6.03. The Kier molecular flexibility index (Phi) is 6.42. The number of hydrogen-bond donors (Lipinski definition) is 2. The van der Waals surface area contributed by atoms with Crippen molar-refractivity contribution in [3.63, 3.8) is 0 Å². The van der Waals surface area contributed by atoms with Crippen molar-refractivity contribution in [2.75, 3.05) is 24.3 Å². The SMILES string of the molecule is COc1ccc(Cl)cc1NCCC(=O)Nc1cccc(Cn2nc3ccccn3c2=O)c1. The van der Waals surface area contributed by atoms with Crippen LogP contribution in [0.15, 0.2) is 71.7 Å². The van der Waals surface area contributed by atoms with E-state index in [1.54, 1.807) is 49.7 Å². The van der Waals surface area contributed by atoms with E-state index in [2.05, 4.69) is 15.7 Å². The fourth-order valence-corrected chi connectivity index (χ4v) is 3.52. The second-order valence-electron chi connectivity index (χ2n) is 7.14. The molecule has 32 heavy (non-hydrogen) atoms. The Balaban J connectivity index is 1.36. The first-order valence-corrected chi connectivity index (χ1v) is 10.4. The Labute approximate surface area is 189 Å². The second-order valence-corrected chi connectivity index (χ2v) is 7.58. The van der Waals surface area contributed by atoms with Gasteiger partial charge in [0, 0.05) is 29.9 Å². The molecule has 2 N–H and O–H groups in total. The van der Waals surface area contributed by atoms with E-state index in [4.69, 9.17) is 16.3 Å². The summed E-state index contributed by atoms with van der Waals surface area (Å²) in [4.78, 5) is 24.9. The molecule has 2 aromatic carbocycles. The smallest absolute Gasteiger partial charge is 0.350 e. The Morgan fingerprint density at radius 3 is 2.81 bits per heavy atom. The maximum absolute atomic E-state index is 12.5. The molecule has 0 aliphatic heterocycles. The van der Waals surface area contributed by atoms with Crippen molar-refractivity contribution in [3.8, 4) is 5.75 Å². The number of carbonyl (C=O) groups is 1. The van der Waals surface area contributed by atoms with Crippen molar-refractivity contribution in [2.24, 2.45) is 0 Å². The quantitative estimate of drug-likeness (QED) is 0.427. The van der Waals surface area contributed by atoms with Gasteiger partial charge in [-0.25, -0.2) is 9.48 Å². The van der Waals surface area contributed by atoms with Gasteiger partial charge in [-0.05, 0) is 48.0 Å². The molecule has 2 heterocycles. The Morgan fingerprint density at radius 1 is 1.12 bits per heavy atom. The topological polar surface area (TPSA) is 89.7 Å². The van der Waals surface area contributed by atoms with Gasteiger partial charge in [-0.15, -0.1) is 5.10 Å². The molecule has 4 aromatic rings. The van der Waals surface area contributed by atoms with Crippen LogP contribution in [0.1, 0.15) is 12.0 Å². The molecule has 0 spiro atoms. The maximum atomic E-state index is 12.5. The highest BCUT2D eigenvalue weighted by Gasteiger charge is 2.09. The van der Waals surface area contributed by atoms with Crippen molar-refractivity contribution in [3.05, 3.63) is 87.9 Å². The van der Waals surface area contributed by atoms with Gasteiger partial charge >= 0.3 is 5.69 Å². The van der Waals surface area contributed by atoms with E-state index in [1.165, 1.54) is 9.08 Å². The number of amides is 1. The number of carbonyl (C=O) groups excluding carboxylic acids is 1. The molecule has 0 saturated carbocycles. The van der Waals surface area contributed by atoms with Gasteiger partial charge < -0.3 is 15.4 Å². The summed E-state index contributed by atoms with van der Waals surface area (Å²) in [6.07, 6.45) is 1.94. The van der Waals surface area contributed by atoms with Crippen LogP contribution in [0.3, 0.4) is 0 Å². The lowest BCUT2D eigenvalue weighted by molar-refractivity contribution is -0.115. The third-order valence-electron chi connectivity index (χ3n) is 4.86. The zero-order valence-electron chi connectivity index (χ0n) is 17.4. The van der Waals surface area contributed by atoms with E-state index >= 15 is 0 Å². The standard InChI is InChI=1S/C23H22ClN5O3/c1-32-20-9-8-17(24)14-19(20)25-11-10-22(30)26-18-6-4-5-16(13-18)15-29-23(31)28-12-3-2-7-21(28)27-29/h2-9,12-14,25H,10-11,15H2,1H3,(H,26,30). The van der Waals surface area contributed by atoms with E-state index in [0.717, 1.165) is 11.3 Å². The second kappa shape index (κ2) is 9.57. The normalized spacial score (nSPS) is 10.8. The average Bonchev–Trinajstić information content (AvgIpc) is 3.09. The van der Waals surface area contributed by atoms with E-state index in [-0.39, 0.29) is 18.0 Å². The van der Waals surface area contributed by atoms with E-state index < -0.39 is 0 Å². The minimum absolute atomic E-state index is 0.138. The largest absolute Gasteiger partial charge is 0.495 e. The van der Waals surface area contributed by atoms with Crippen LogP contribution in [0.5, 0.6) is 5.75 Å². The summed E-state index contributed by atoms with van der Waals surface area (Å²) in [6, 6.07) is 18.0. The summed E-state index contributed by atoms with van der Waals surface area (Å²) in [5, 5.41) is 11.0. The lowest BCUT2D eigenvalue weighted by Gasteiger charge is -2.12. The van der Waals surface area contributed by atoms with Crippen LogP contribution >= 0.6 is 11.6 Å². The fraction of sp³-hybridized carbons (Fsp3) is 0.174. The molecule has 0 aliphatic carbocycles. The van der Waals surface area contributed by atoms with Crippen LogP contribution in [0, 0.1) is 0 Å². The molecule has 0 aliphatic rings. The summed E-state index contributed by atoms with van der Waals surface area (Å²) in [6.45, 7) is 0.721. The molecule has 0 atom stereocenters. The number of halogens is 1. The minimum Gasteiger partial charge on any atom is -0.495 e. The molecule has 9 heteroatoms. The van der Waals surface area contributed by atoms with Gasteiger partial charge in [0.2, 0.25) is 5.91 Å². The number of benzene rings is 2. The molecule has 164 valence electrons. The number of ether oxygens (including phenoxy) is 1. The zero-order chi connectivity index (χ0) is 22.5. The molecule has 0 bridgehead atoms. The molecule has 4 rings (SSSR count). The highest BCUT2D eigenvalue weighted by atomic mass is 35.5. The fourth-order valence-electron chi connectivity index (χ4n) is 3.34. The number of pyridine rings is 1. The molecular formula is C23H22ClN5O3. The average molecular weight is 452 g/mol. The monoisotopic (exact) mass is 451 g/mol. The van der Waals surface area contributed by atoms with Gasteiger partial charge in [0.15, 0.2) is 5.65 Å². The zero-order valence-corrected chi connectivity index (χ0v) is 18.2. The first-order chi connectivity index (χ1) is 15.5. The van der Waals surface area contributed by atoms with E-state index in [0.29, 0.717) is 35.2 Å². The van der Waals surface area contributed by atoms with Gasteiger partial charge in [-0.3, -0.25) is 9.20 Å². The molecule has 8 nitrogen and oxygen atoms in total. The molecule has 0 unspecified atom stereocenters. The molecule has 0 fully saturated rings. The number of hydrogen-bond acceptors (Lipinski definition) is 5. The Morgan fingerprint density at radius 2 is 2.00 bits per heavy atom. The predicted molar refractivity (Wildman–Crippen MR) is 125 cm³/mol. The number of anilines is 2. The number of fused-ring (bicyclic) bond motifs is 1. The lowest BCUT2D eigenvalue weighted by atomic mass is 10.2. The summed E-state index contributed by atoms with van der Waals surface area (Å²) in [7, 11) is 1.58. The van der Waals surface area contributed by atoms with Gasteiger partial charge in [-0.1, -0.05) is 29.8 Å². The summed E-state index contributed by atoms with van der Waals surface area (Å²) < 4.78 is 8.19. The molecule has 2 aromatic heterocycles.